The fraction of sp³-hybridized carbons (Fsp3) is 0.0909. The van der Waals surface area contributed by atoms with Gasteiger partial charge in [0.2, 0.25) is 0 Å². The van der Waals surface area contributed by atoms with Gasteiger partial charge in [-0.2, -0.15) is 0 Å². The Morgan fingerprint density at radius 1 is 0.343 bits per heavy atom. The van der Waals surface area contributed by atoms with Crippen LogP contribution in [0, 0.1) is 0 Å². The number of allylic oxidation sites excluding steroid dienone is 6. The molecule has 0 radical (unpaired) electrons. The zero-order chi connectivity index (χ0) is 46.6. The molecule has 0 aromatic heterocycles. The van der Waals surface area contributed by atoms with E-state index in [4.69, 9.17) is 0 Å². The maximum Gasteiger partial charge on any atom is 0.0561 e. The normalized spacial score (nSPS) is 16.4. The molecular weight excluding hydrogens is 849 g/mol. The van der Waals surface area contributed by atoms with Gasteiger partial charge in [-0.3, -0.25) is 0 Å². The van der Waals surface area contributed by atoms with Gasteiger partial charge in [-0.15, -0.1) is 0 Å². The van der Waals surface area contributed by atoms with Crippen molar-refractivity contribution in [2.24, 2.45) is 0 Å². The molecule has 9 aromatic rings. The number of fused-ring (bicyclic) bond motifs is 3. The summed E-state index contributed by atoms with van der Waals surface area (Å²) in [4.78, 5) is 9.88. The Morgan fingerprint density at radius 3 is 1.30 bits per heavy atom. The Hall–Kier alpha value is -8.60. The summed E-state index contributed by atoms with van der Waals surface area (Å²) >= 11 is 0. The van der Waals surface area contributed by atoms with E-state index in [2.05, 4.69) is 287 Å². The maximum absolute atomic E-state index is 2.57. The quantitative estimate of drug-likeness (QED) is 0.121. The molecule has 0 saturated heterocycles. The average Bonchev–Trinajstić information content (AvgIpc) is 3.43. The van der Waals surface area contributed by atoms with Gasteiger partial charge in [-0.25, -0.2) is 0 Å². The molecule has 3 aliphatic carbocycles. The molecule has 0 fully saturated rings. The lowest BCUT2D eigenvalue weighted by atomic mass is 9.97. The Labute approximate surface area is 411 Å². The topological polar surface area (TPSA) is 13.0 Å². The van der Waals surface area contributed by atoms with Crippen molar-refractivity contribution in [2.75, 3.05) is 19.6 Å². The van der Waals surface area contributed by atoms with E-state index in [1.807, 2.05) is 0 Å². The van der Waals surface area contributed by atoms with Gasteiger partial charge in [-0.1, -0.05) is 164 Å². The molecule has 3 aliphatic rings. The second kappa shape index (κ2) is 19.2. The lowest BCUT2D eigenvalue weighted by molar-refractivity contribution is 0.701. The van der Waals surface area contributed by atoms with Crippen molar-refractivity contribution >= 4 is 72.1 Å². The Bertz CT molecular complexity index is 3530. The van der Waals surface area contributed by atoms with Crippen molar-refractivity contribution in [3.05, 3.63) is 284 Å². The highest BCUT2D eigenvalue weighted by Gasteiger charge is 2.28. The van der Waals surface area contributed by atoms with Crippen LogP contribution < -0.4 is 19.6 Å². The summed E-state index contributed by atoms with van der Waals surface area (Å²) in [5.74, 6) is 0. The highest BCUT2D eigenvalue weighted by atomic mass is 15.2. The van der Waals surface area contributed by atoms with Crippen molar-refractivity contribution in [2.45, 2.75) is 37.8 Å². The van der Waals surface area contributed by atoms with Crippen LogP contribution in [0.2, 0.25) is 0 Å². The SMILES string of the molecule is C1=CCCC(N(c2ccc3ccccc3c2)C2C=CC(N(c3ccc(N(c4ccccc4)c4ccc5ccccc5c4)cc3)C3C=CC(N(c4ccccc4)c4ccc5ccccc5c4)=CC3)=CC2)=C1. The third-order valence-electron chi connectivity index (χ3n) is 14.0. The van der Waals surface area contributed by atoms with E-state index in [1.165, 1.54) is 49.4 Å². The standard InChI is InChI=1S/C66H54N4/c1-4-22-55(23-5-1)68(64-31-28-49-16-10-13-19-52(49)46-64)61-40-34-58(35-41-61)67(59-36-42-62(43-37-59)69(56-24-6-2-7-25-56)65-32-29-50-17-11-14-20-53(50)47-65)60-38-44-63(45-39-60)70(57-26-8-3-9-27-57)66-33-30-51-18-12-15-21-54(51)48-66/h1-8,10-26,28-36,38-44,46-48,59,63H,9,27,37,45H2. The van der Waals surface area contributed by atoms with E-state index in [9.17, 15) is 0 Å². The van der Waals surface area contributed by atoms with Crippen molar-refractivity contribution < 1.29 is 0 Å². The van der Waals surface area contributed by atoms with Crippen LogP contribution in [0.1, 0.15) is 25.7 Å². The highest BCUT2D eigenvalue weighted by Crippen LogP contribution is 2.41. The van der Waals surface area contributed by atoms with E-state index in [0.717, 1.165) is 65.5 Å². The number of benzene rings is 9. The van der Waals surface area contributed by atoms with Crippen molar-refractivity contribution in [1.82, 2.24) is 0 Å². The predicted molar refractivity (Wildman–Crippen MR) is 298 cm³/mol. The first-order valence-corrected chi connectivity index (χ1v) is 24.7. The van der Waals surface area contributed by atoms with Crippen molar-refractivity contribution in [1.29, 1.82) is 0 Å². The van der Waals surface area contributed by atoms with Crippen LogP contribution in [0.5, 0.6) is 0 Å². The molecule has 4 heteroatoms. The Balaban J connectivity index is 0.909. The fourth-order valence-electron chi connectivity index (χ4n) is 10.6. The molecule has 2 atom stereocenters. The van der Waals surface area contributed by atoms with Crippen LogP contribution in [0.3, 0.4) is 0 Å². The van der Waals surface area contributed by atoms with Crippen LogP contribution in [0.25, 0.3) is 32.3 Å². The molecule has 4 nitrogen and oxygen atoms in total. The van der Waals surface area contributed by atoms with Crippen LogP contribution in [0.4, 0.5) is 39.8 Å². The van der Waals surface area contributed by atoms with Gasteiger partial charge in [0, 0.05) is 56.9 Å². The van der Waals surface area contributed by atoms with E-state index in [-0.39, 0.29) is 12.1 Å². The minimum atomic E-state index is 0.0739. The van der Waals surface area contributed by atoms with Gasteiger partial charge < -0.3 is 19.6 Å². The molecule has 0 bridgehead atoms. The molecule has 0 spiro atoms. The van der Waals surface area contributed by atoms with Crippen molar-refractivity contribution in [3.8, 4) is 0 Å². The zero-order valence-corrected chi connectivity index (χ0v) is 39.2. The molecule has 9 aromatic carbocycles. The number of para-hydroxylation sites is 2. The molecule has 12 rings (SSSR count). The zero-order valence-electron chi connectivity index (χ0n) is 39.2. The summed E-state index contributed by atoms with van der Waals surface area (Å²) in [7, 11) is 0. The first-order valence-electron chi connectivity index (χ1n) is 24.7. The number of rotatable bonds is 12. The summed E-state index contributed by atoms with van der Waals surface area (Å²) < 4.78 is 0. The van der Waals surface area contributed by atoms with Gasteiger partial charge in [0.15, 0.2) is 0 Å². The van der Waals surface area contributed by atoms with Crippen LogP contribution in [0.15, 0.2) is 284 Å². The molecule has 0 N–H and O–H groups in total. The molecular formula is C66H54N4. The number of nitrogens with zero attached hydrogens (tertiary/aromatic N) is 4. The fourth-order valence-corrected chi connectivity index (χ4v) is 10.6. The predicted octanol–water partition coefficient (Wildman–Crippen LogP) is 17.4. The number of anilines is 7. The minimum absolute atomic E-state index is 0.0739. The lowest BCUT2D eigenvalue weighted by Crippen LogP contribution is -2.38. The van der Waals surface area contributed by atoms with Gasteiger partial charge in [-0.05, 0) is 161 Å². The molecule has 338 valence electrons. The van der Waals surface area contributed by atoms with E-state index < -0.39 is 0 Å². The van der Waals surface area contributed by atoms with Gasteiger partial charge >= 0.3 is 0 Å². The molecule has 0 aliphatic heterocycles. The number of hydrogen-bond donors (Lipinski definition) is 0. The van der Waals surface area contributed by atoms with E-state index in [1.54, 1.807) is 0 Å². The second-order valence-electron chi connectivity index (χ2n) is 18.4. The van der Waals surface area contributed by atoms with Crippen LogP contribution in [-0.4, -0.2) is 12.1 Å². The van der Waals surface area contributed by atoms with Gasteiger partial charge in [0.05, 0.1) is 12.1 Å². The summed E-state index contributed by atoms with van der Waals surface area (Å²) in [5.41, 5.74) is 11.7. The Morgan fingerprint density at radius 2 is 0.771 bits per heavy atom. The van der Waals surface area contributed by atoms with E-state index >= 15 is 0 Å². The van der Waals surface area contributed by atoms with Crippen molar-refractivity contribution in [3.63, 3.8) is 0 Å². The Kier molecular flexibility index (Phi) is 11.7. The van der Waals surface area contributed by atoms with E-state index in [0.29, 0.717) is 0 Å². The molecule has 0 saturated carbocycles. The molecule has 70 heavy (non-hydrogen) atoms. The third-order valence-corrected chi connectivity index (χ3v) is 14.0. The maximum atomic E-state index is 2.57. The minimum Gasteiger partial charge on any atom is -0.338 e. The first-order chi connectivity index (χ1) is 34.7. The summed E-state index contributed by atoms with van der Waals surface area (Å²) in [5, 5.41) is 7.44. The molecule has 2 unspecified atom stereocenters. The smallest absolute Gasteiger partial charge is 0.0561 e. The second-order valence-corrected chi connectivity index (χ2v) is 18.4. The first kappa shape index (κ1) is 42.7. The largest absolute Gasteiger partial charge is 0.338 e. The summed E-state index contributed by atoms with van der Waals surface area (Å²) in [6.07, 6.45) is 25.0. The van der Waals surface area contributed by atoms with Crippen LogP contribution >= 0.6 is 0 Å². The van der Waals surface area contributed by atoms with Gasteiger partial charge in [0.1, 0.15) is 0 Å². The summed E-state index contributed by atoms with van der Waals surface area (Å²) in [6.45, 7) is 0. The molecule has 0 amide bonds. The third kappa shape index (κ3) is 8.61. The number of hydrogen-bond acceptors (Lipinski definition) is 4. The van der Waals surface area contributed by atoms with Crippen LogP contribution in [-0.2, 0) is 0 Å². The highest BCUT2D eigenvalue weighted by molar-refractivity contribution is 5.91. The molecule has 0 heterocycles. The lowest BCUT2D eigenvalue weighted by Gasteiger charge is -2.39. The summed E-state index contributed by atoms with van der Waals surface area (Å²) in [6, 6.07) is 77.3. The average molecular weight is 903 g/mol. The monoisotopic (exact) mass is 902 g/mol. The van der Waals surface area contributed by atoms with Gasteiger partial charge in [0.25, 0.3) is 0 Å².